The third kappa shape index (κ3) is 6.80. The minimum Gasteiger partial charge on any atom is -0.492 e. The Kier molecular flexibility index (Phi) is 8.74. The maximum Gasteiger partial charge on any atom is 0.255 e. The zero-order valence-electron chi connectivity index (χ0n) is 26.7. The van der Waals surface area contributed by atoms with Gasteiger partial charge in [0, 0.05) is 12.6 Å². The number of benzene rings is 3. The highest BCUT2D eigenvalue weighted by atomic mass is 32.2. The van der Waals surface area contributed by atoms with Crippen molar-refractivity contribution >= 4 is 27.3 Å². The van der Waals surface area contributed by atoms with E-state index in [-0.39, 0.29) is 16.9 Å². The Morgan fingerprint density at radius 1 is 1.04 bits per heavy atom. The van der Waals surface area contributed by atoms with Crippen molar-refractivity contribution in [3.8, 4) is 22.8 Å². The molecule has 0 aliphatic heterocycles. The molecule has 3 N–H and O–H groups in total. The number of carbonyl (C=O) groups is 1. The summed E-state index contributed by atoms with van der Waals surface area (Å²) in [6, 6.07) is 18.0. The lowest BCUT2D eigenvalue weighted by Gasteiger charge is -2.24. The van der Waals surface area contributed by atoms with Crippen LogP contribution in [0.5, 0.6) is 5.75 Å². The van der Waals surface area contributed by atoms with Crippen molar-refractivity contribution in [3.05, 3.63) is 101 Å². The molecule has 13 heteroatoms. The van der Waals surface area contributed by atoms with Crippen LogP contribution in [-0.2, 0) is 22.5 Å². The zero-order valence-corrected chi connectivity index (χ0v) is 27.5. The molecule has 1 atom stereocenters. The highest BCUT2D eigenvalue weighted by molar-refractivity contribution is 7.92. The van der Waals surface area contributed by atoms with Gasteiger partial charge in [-0.3, -0.25) is 9.52 Å². The fourth-order valence-electron chi connectivity index (χ4n) is 5.04. The van der Waals surface area contributed by atoms with E-state index in [9.17, 15) is 18.3 Å². The van der Waals surface area contributed by atoms with Gasteiger partial charge in [-0.15, -0.1) is 5.10 Å². The van der Waals surface area contributed by atoms with Crippen molar-refractivity contribution in [1.29, 1.82) is 0 Å². The normalized spacial score (nSPS) is 12.5. The Bertz CT molecular complexity index is 2010. The number of ether oxygens (including phenoxy) is 1. The van der Waals surface area contributed by atoms with Gasteiger partial charge in [-0.05, 0) is 53.3 Å². The molecule has 0 saturated heterocycles. The molecule has 0 spiro atoms. The average Bonchev–Trinajstić information content (AvgIpc) is 3.62. The Hall–Kier alpha value is -5.01. The molecule has 0 radical (unpaired) electrons. The molecule has 2 aromatic heterocycles. The smallest absolute Gasteiger partial charge is 0.255 e. The molecule has 0 aliphatic rings. The molecule has 0 aliphatic carbocycles. The van der Waals surface area contributed by atoms with Crippen LogP contribution in [0.2, 0.25) is 0 Å². The fraction of sp³-hybridized carbons (Fsp3) is 0.273. The van der Waals surface area contributed by atoms with Crippen molar-refractivity contribution in [2.24, 2.45) is 7.05 Å². The van der Waals surface area contributed by atoms with Gasteiger partial charge in [-0.1, -0.05) is 62.4 Å². The number of imidazole rings is 1. The molecular formula is C33H37N7O5S. The number of hydrogen-bond donors (Lipinski definition) is 3. The molecule has 3 aromatic carbocycles. The van der Waals surface area contributed by atoms with Gasteiger partial charge in [0.25, 0.3) is 5.91 Å². The lowest BCUT2D eigenvalue weighted by atomic mass is 9.86. The molecule has 240 valence electrons. The lowest BCUT2D eigenvalue weighted by molar-refractivity contribution is 0.102. The van der Waals surface area contributed by atoms with Gasteiger partial charge in [0.1, 0.15) is 17.6 Å². The van der Waals surface area contributed by atoms with Gasteiger partial charge in [0.2, 0.25) is 10.0 Å². The van der Waals surface area contributed by atoms with Crippen LogP contribution in [0.15, 0.2) is 73.1 Å². The summed E-state index contributed by atoms with van der Waals surface area (Å²) >= 11 is 0. The molecule has 0 bridgehead atoms. The molecule has 1 amide bonds. The number of anilines is 2. The van der Waals surface area contributed by atoms with Crippen LogP contribution >= 0.6 is 0 Å². The number of amides is 1. The minimum atomic E-state index is -3.62. The Morgan fingerprint density at radius 3 is 2.39 bits per heavy atom. The molecule has 0 fully saturated rings. The van der Waals surface area contributed by atoms with Gasteiger partial charge in [-0.25, -0.2) is 18.1 Å². The summed E-state index contributed by atoms with van der Waals surface area (Å²) in [6.45, 7) is 7.86. The maximum atomic E-state index is 13.6. The van der Waals surface area contributed by atoms with E-state index in [1.807, 2.05) is 64.1 Å². The summed E-state index contributed by atoms with van der Waals surface area (Å²) in [5, 5.41) is 22.5. The number of nitrogens with zero attached hydrogens (tertiary/aromatic N) is 5. The van der Waals surface area contributed by atoms with Crippen LogP contribution in [0.1, 0.15) is 59.7 Å². The number of sulfonamides is 1. The number of hydrogen-bond acceptors (Lipinski definition) is 8. The van der Waals surface area contributed by atoms with E-state index in [4.69, 9.17) is 4.74 Å². The molecule has 12 nitrogen and oxygen atoms in total. The second-order valence-corrected chi connectivity index (χ2v) is 13.9. The first-order valence-electron chi connectivity index (χ1n) is 14.5. The SMILES string of the molecule is COc1c(NC(=O)c2ccc(C)c(-n3cc(-c4cnc(C(O)c5ccccc5)n4C)nn3)c2)cc(C(C)(C)C)cc1NS(C)(=O)=O. The second-order valence-electron chi connectivity index (χ2n) is 12.1. The number of aliphatic hydroxyl groups excluding tert-OH is 1. The molecule has 46 heavy (non-hydrogen) atoms. The van der Waals surface area contributed by atoms with E-state index in [0.29, 0.717) is 34.2 Å². The number of aryl methyl sites for hydroxylation is 1. The molecule has 5 rings (SSSR count). The van der Waals surface area contributed by atoms with Crippen LogP contribution in [0.3, 0.4) is 0 Å². The predicted octanol–water partition coefficient (Wildman–Crippen LogP) is 4.99. The Balaban J connectivity index is 1.45. The highest BCUT2D eigenvalue weighted by Gasteiger charge is 2.23. The van der Waals surface area contributed by atoms with Gasteiger partial charge in [0.15, 0.2) is 5.75 Å². The first kappa shape index (κ1) is 32.4. The van der Waals surface area contributed by atoms with Gasteiger partial charge < -0.3 is 19.7 Å². The van der Waals surface area contributed by atoms with Crippen LogP contribution in [-0.4, -0.2) is 57.3 Å². The summed E-state index contributed by atoms with van der Waals surface area (Å²) in [4.78, 5) is 18.0. The van der Waals surface area contributed by atoms with Crippen LogP contribution < -0.4 is 14.8 Å². The summed E-state index contributed by atoms with van der Waals surface area (Å²) < 4.78 is 35.6. The van der Waals surface area contributed by atoms with Crippen LogP contribution in [0, 0.1) is 6.92 Å². The van der Waals surface area contributed by atoms with Crippen molar-refractivity contribution in [3.63, 3.8) is 0 Å². The number of rotatable bonds is 9. The lowest BCUT2D eigenvalue weighted by Crippen LogP contribution is -2.18. The van der Waals surface area contributed by atoms with Gasteiger partial charge in [0.05, 0.1) is 48.5 Å². The van der Waals surface area contributed by atoms with Crippen LogP contribution in [0.4, 0.5) is 11.4 Å². The third-order valence-corrected chi connectivity index (χ3v) is 8.15. The topological polar surface area (TPSA) is 153 Å². The van der Waals surface area contributed by atoms with E-state index >= 15 is 0 Å². The van der Waals surface area contributed by atoms with Crippen molar-refractivity contribution in [2.75, 3.05) is 23.4 Å². The molecule has 1 unspecified atom stereocenters. The number of nitrogens with one attached hydrogen (secondary N) is 2. The van der Waals surface area contributed by atoms with Crippen molar-refractivity contribution < 1.29 is 23.1 Å². The number of carbonyl (C=O) groups excluding carboxylic acids is 1. The summed E-state index contributed by atoms with van der Waals surface area (Å²) in [6.07, 6.45) is 3.52. The molecule has 2 heterocycles. The van der Waals surface area contributed by atoms with Crippen molar-refractivity contribution in [2.45, 2.75) is 39.2 Å². The van der Waals surface area contributed by atoms with E-state index in [2.05, 4.69) is 25.3 Å². The quantitative estimate of drug-likeness (QED) is 0.203. The maximum absolute atomic E-state index is 13.6. The third-order valence-electron chi connectivity index (χ3n) is 7.56. The number of aromatic nitrogens is 5. The Labute approximate surface area is 268 Å². The summed E-state index contributed by atoms with van der Waals surface area (Å²) in [5.41, 5.74) is 4.73. The van der Waals surface area contributed by atoms with Gasteiger partial charge >= 0.3 is 0 Å². The monoisotopic (exact) mass is 643 g/mol. The minimum absolute atomic E-state index is 0.188. The van der Waals surface area contributed by atoms with Crippen molar-refractivity contribution in [1.82, 2.24) is 24.5 Å². The molecular weight excluding hydrogens is 606 g/mol. The fourth-order valence-corrected chi connectivity index (χ4v) is 5.59. The van der Waals surface area contributed by atoms with E-state index < -0.39 is 22.0 Å². The van der Waals surface area contributed by atoms with E-state index in [0.717, 1.165) is 22.9 Å². The highest BCUT2D eigenvalue weighted by Crippen LogP contribution is 2.39. The summed E-state index contributed by atoms with van der Waals surface area (Å²) in [7, 11) is -0.407. The standard InChI is InChI=1S/C33H37N7O5S/c1-20-13-14-22(32(42)35-24-16-23(33(2,3)4)17-25(30(24)45-6)37-46(7,43)44)15-27(20)40-19-26(36-38-40)28-18-34-31(39(28)5)29(41)21-11-9-8-10-12-21/h8-19,29,37,41H,1-7H3,(H,35,42). The largest absolute Gasteiger partial charge is 0.492 e. The first-order valence-corrected chi connectivity index (χ1v) is 16.4. The molecule has 5 aromatic rings. The summed E-state index contributed by atoms with van der Waals surface area (Å²) in [5.74, 6) is 0.224. The average molecular weight is 644 g/mol. The zero-order chi connectivity index (χ0) is 33.4. The first-order chi connectivity index (χ1) is 21.7. The second kappa shape index (κ2) is 12.4. The number of aliphatic hydroxyl groups is 1. The Morgan fingerprint density at radius 2 is 1.74 bits per heavy atom. The van der Waals surface area contributed by atoms with E-state index in [1.54, 1.807) is 53.0 Å². The van der Waals surface area contributed by atoms with E-state index in [1.165, 1.54) is 7.11 Å². The predicted molar refractivity (Wildman–Crippen MR) is 177 cm³/mol. The molecule has 0 saturated carbocycles. The van der Waals surface area contributed by atoms with Gasteiger partial charge in [-0.2, -0.15) is 0 Å². The number of methoxy groups -OCH3 is 1. The van der Waals surface area contributed by atoms with Crippen LogP contribution in [0.25, 0.3) is 17.1 Å².